The number of unbranched alkanes of at least 4 members (excludes halogenated alkanes) is 1. The first-order valence-corrected chi connectivity index (χ1v) is 9.93. The number of alkyl carbamates (subject to hydrolysis) is 1. The topological polar surface area (TPSA) is 124 Å². The first kappa shape index (κ1) is 23.1. The Morgan fingerprint density at radius 1 is 1.33 bits per heavy atom. The molecule has 0 saturated carbocycles. The molecular weight excluding hydrogens is 388 g/mol. The maximum atomic E-state index is 11.6. The van der Waals surface area contributed by atoms with Crippen molar-refractivity contribution < 1.29 is 14.5 Å². The van der Waals surface area contributed by atoms with Crippen molar-refractivity contribution in [2.45, 2.75) is 58.6 Å². The van der Waals surface area contributed by atoms with Gasteiger partial charge >= 0.3 is 6.09 Å². The van der Waals surface area contributed by atoms with Crippen LogP contribution in [0.4, 0.5) is 16.2 Å². The van der Waals surface area contributed by atoms with Crippen LogP contribution in [-0.2, 0) is 11.8 Å². The van der Waals surface area contributed by atoms with E-state index in [1.807, 2.05) is 27.7 Å². The van der Waals surface area contributed by atoms with Crippen LogP contribution in [-0.4, -0.2) is 44.0 Å². The van der Waals surface area contributed by atoms with Gasteiger partial charge in [-0.3, -0.25) is 14.8 Å². The van der Waals surface area contributed by atoms with E-state index in [0.29, 0.717) is 23.6 Å². The lowest BCUT2D eigenvalue weighted by Crippen LogP contribution is -2.33. The van der Waals surface area contributed by atoms with Crippen LogP contribution in [0.3, 0.4) is 0 Å². The van der Waals surface area contributed by atoms with Gasteiger partial charge in [-0.1, -0.05) is 6.07 Å². The van der Waals surface area contributed by atoms with E-state index in [1.54, 1.807) is 30.2 Å². The average Bonchev–Trinajstić information content (AvgIpc) is 3.06. The van der Waals surface area contributed by atoms with Gasteiger partial charge in [-0.15, -0.1) is 0 Å². The highest BCUT2D eigenvalue weighted by molar-refractivity contribution is 5.81. The second-order valence-corrected chi connectivity index (χ2v) is 8.17. The largest absolute Gasteiger partial charge is 0.444 e. The summed E-state index contributed by atoms with van der Waals surface area (Å²) in [5.41, 5.74) is 0.460. The Labute approximate surface area is 176 Å². The van der Waals surface area contributed by atoms with E-state index in [1.165, 1.54) is 6.07 Å². The van der Waals surface area contributed by atoms with Crippen molar-refractivity contribution in [1.29, 1.82) is 0 Å². The predicted molar refractivity (Wildman–Crippen MR) is 114 cm³/mol. The molecule has 2 N–H and O–H groups in total. The minimum Gasteiger partial charge on any atom is -0.444 e. The summed E-state index contributed by atoms with van der Waals surface area (Å²) in [7, 11) is 1.74. The zero-order valence-electron chi connectivity index (χ0n) is 18.1. The highest BCUT2D eigenvalue weighted by atomic mass is 16.6. The van der Waals surface area contributed by atoms with Crippen molar-refractivity contribution in [2.75, 3.05) is 11.9 Å². The van der Waals surface area contributed by atoms with E-state index in [9.17, 15) is 14.9 Å². The zero-order valence-corrected chi connectivity index (χ0v) is 18.1. The molecule has 0 saturated heterocycles. The summed E-state index contributed by atoms with van der Waals surface area (Å²) in [5, 5.41) is 21.8. The quantitative estimate of drug-likeness (QED) is 0.360. The normalized spacial score (nSPS) is 12.3. The third kappa shape index (κ3) is 7.02. The minimum atomic E-state index is -0.521. The molecular formula is C20H30N6O4. The number of benzene rings is 1. The van der Waals surface area contributed by atoms with Crippen molar-refractivity contribution in [1.82, 2.24) is 20.1 Å². The van der Waals surface area contributed by atoms with Crippen LogP contribution >= 0.6 is 0 Å². The van der Waals surface area contributed by atoms with Gasteiger partial charge in [-0.05, 0) is 53.0 Å². The highest BCUT2D eigenvalue weighted by Crippen LogP contribution is 2.34. The number of anilines is 1. The molecule has 1 aromatic heterocycles. The Morgan fingerprint density at radius 2 is 2.07 bits per heavy atom. The molecule has 1 atom stereocenters. The summed E-state index contributed by atoms with van der Waals surface area (Å²) in [6, 6.07) is 4.84. The standard InChI is InChI=1S/C20H30N6O4/c1-14(9-6-7-12-21-19(27)30-20(2,3)4)23-17-15(18-22-13-25(5)24-18)10-8-11-16(17)26(28)29/h8,10-11,13-14,23H,6-7,9,12H2,1-5H3,(H,21,27). The van der Waals surface area contributed by atoms with Crippen molar-refractivity contribution in [3.05, 3.63) is 34.6 Å². The van der Waals surface area contributed by atoms with E-state index in [-0.39, 0.29) is 11.7 Å². The van der Waals surface area contributed by atoms with Gasteiger partial charge in [0.25, 0.3) is 5.69 Å². The minimum absolute atomic E-state index is 0.0154. The van der Waals surface area contributed by atoms with Gasteiger partial charge in [0.1, 0.15) is 17.6 Å². The molecule has 30 heavy (non-hydrogen) atoms. The predicted octanol–water partition coefficient (Wildman–Crippen LogP) is 3.89. The number of carbonyl (C=O) groups excluding carboxylic acids is 1. The number of hydrogen-bond acceptors (Lipinski definition) is 7. The molecule has 0 fully saturated rings. The van der Waals surface area contributed by atoms with Gasteiger partial charge in [0, 0.05) is 25.7 Å². The molecule has 0 aliphatic rings. The molecule has 0 spiro atoms. The molecule has 2 aromatic rings. The fourth-order valence-corrected chi connectivity index (χ4v) is 2.89. The van der Waals surface area contributed by atoms with Crippen molar-refractivity contribution >= 4 is 17.5 Å². The lowest BCUT2D eigenvalue weighted by atomic mass is 10.1. The Bertz CT molecular complexity index is 874. The summed E-state index contributed by atoms with van der Waals surface area (Å²) in [4.78, 5) is 27.0. The first-order chi connectivity index (χ1) is 14.1. The SMILES string of the molecule is CC(CCCCNC(=O)OC(C)(C)C)Nc1c(-c2ncn(C)n2)cccc1[N+](=O)[O-]. The van der Waals surface area contributed by atoms with Crippen LogP contribution in [0.5, 0.6) is 0 Å². The second-order valence-electron chi connectivity index (χ2n) is 8.17. The van der Waals surface area contributed by atoms with E-state index in [0.717, 1.165) is 19.3 Å². The molecule has 1 unspecified atom stereocenters. The molecule has 2 rings (SSSR count). The molecule has 0 aliphatic heterocycles. The second kappa shape index (κ2) is 10.0. The number of nitrogens with one attached hydrogen (secondary N) is 2. The van der Waals surface area contributed by atoms with Gasteiger partial charge in [0.2, 0.25) is 0 Å². The van der Waals surface area contributed by atoms with Crippen molar-refractivity contribution in [3.8, 4) is 11.4 Å². The molecule has 0 radical (unpaired) electrons. The van der Waals surface area contributed by atoms with Crippen LogP contribution < -0.4 is 10.6 Å². The summed E-state index contributed by atoms with van der Waals surface area (Å²) in [6.07, 6.45) is 3.51. The molecule has 0 aliphatic carbocycles. The van der Waals surface area contributed by atoms with Crippen LogP contribution in [0.15, 0.2) is 24.5 Å². The molecule has 0 bridgehead atoms. The summed E-state index contributed by atoms with van der Waals surface area (Å²) >= 11 is 0. The number of amides is 1. The van der Waals surface area contributed by atoms with Gasteiger partial charge in [-0.25, -0.2) is 9.78 Å². The zero-order chi connectivity index (χ0) is 22.3. The lowest BCUT2D eigenvalue weighted by molar-refractivity contribution is -0.383. The van der Waals surface area contributed by atoms with E-state index in [2.05, 4.69) is 20.7 Å². The van der Waals surface area contributed by atoms with E-state index in [4.69, 9.17) is 4.74 Å². The Kier molecular flexibility index (Phi) is 7.73. The van der Waals surface area contributed by atoms with Crippen LogP contribution in [0.25, 0.3) is 11.4 Å². The van der Waals surface area contributed by atoms with Crippen LogP contribution in [0.2, 0.25) is 0 Å². The number of ether oxygens (including phenoxy) is 1. The lowest BCUT2D eigenvalue weighted by Gasteiger charge is -2.20. The number of aryl methyl sites for hydroxylation is 1. The number of nitrogens with zero attached hydrogens (tertiary/aromatic N) is 4. The smallest absolute Gasteiger partial charge is 0.407 e. The van der Waals surface area contributed by atoms with Gasteiger partial charge in [0.15, 0.2) is 5.82 Å². The van der Waals surface area contributed by atoms with Crippen LogP contribution in [0.1, 0.15) is 47.0 Å². The third-order valence-electron chi connectivity index (χ3n) is 4.20. The Balaban J connectivity index is 1.94. The van der Waals surface area contributed by atoms with Crippen molar-refractivity contribution in [2.24, 2.45) is 7.05 Å². The van der Waals surface area contributed by atoms with Gasteiger partial charge in [0.05, 0.1) is 10.5 Å². The van der Waals surface area contributed by atoms with Crippen LogP contribution in [0, 0.1) is 10.1 Å². The molecule has 10 nitrogen and oxygen atoms in total. The first-order valence-electron chi connectivity index (χ1n) is 9.93. The Morgan fingerprint density at radius 3 is 2.67 bits per heavy atom. The number of nitro groups is 1. The third-order valence-corrected chi connectivity index (χ3v) is 4.20. The Hall–Kier alpha value is -3.17. The number of para-hydroxylation sites is 1. The number of rotatable bonds is 9. The number of nitro benzene ring substituents is 1. The number of carbonyl (C=O) groups is 1. The highest BCUT2D eigenvalue weighted by Gasteiger charge is 2.22. The summed E-state index contributed by atoms with van der Waals surface area (Å²) < 4.78 is 6.75. The fraction of sp³-hybridized carbons (Fsp3) is 0.550. The maximum Gasteiger partial charge on any atom is 0.407 e. The molecule has 1 aromatic carbocycles. The van der Waals surface area contributed by atoms with Crippen molar-refractivity contribution in [3.63, 3.8) is 0 Å². The molecule has 10 heteroatoms. The summed E-state index contributed by atoms with van der Waals surface area (Å²) in [6.45, 7) is 7.93. The van der Waals surface area contributed by atoms with Gasteiger partial charge < -0.3 is 15.4 Å². The molecule has 1 amide bonds. The average molecular weight is 418 g/mol. The maximum absolute atomic E-state index is 11.6. The monoisotopic (exact) mass is 418 g/mol. The number of hydrogen-bond donors (Lipinski definition) is 2. The van der Waals surface area contributed by atoms with E-state index >= 15 is 0 Å². The summed E-state index contributed by atoms with van der Waals surface area (Å²) in [5.74, 6) is 0.428. The van der Waals surface area contributed by atoms with E-state index < -0.39 is 16.6 Å². The molecule has 1 heterocycles. The number of aromatic nitrogens is 3. The van der Waals surface area contributed by atoms with Gasteiger partial charge in [-0.2, -0.15) is 5.10 Å². The molecule has 164 valence electrons. The fourth-order valence-electron chi connectivity index (χ4n) is 2.89.